The Morgan fingerprint density at radius 1 is 0.905 bits per heavy atom. The maximum Gasteiger partial charge on any atom is 0.307 e. The van der Waals surface area contributed by atoms with Crippen LogP contribution in [0.2, 0.25) is 0 Å². The van der Waals surface area contributed by atoms with Gasteiger partial charge in [-0.2, -0.15) is 0 Å². The number of carbonyl (C=O) groups is 1. The highest BCUT2D eigenvalue weighted by molar-refractivity contribution is 6.09. The molecule has 8 heteroatoms. The van der Waals surface area contributed by atoms with Gasteiger partial charge in [0.15, 0.2) is 0 Å². The summed E-state index contributed by atoms with van der Waals surface area (Å²) in [5.74, 6) is 0.697. The second kappa shape index (κ2) is 9.64. The van der Waals surface area contributed by atoms with E-state index in [1.165, 1.54) is 22.3 Å². The minimum absolute atomic E-state index is 0.0157. The molecule has 0 spiro atoms. The summed E-state index contributed by atoms with van der Waals surface area (Å²) in [6.07, 6.45) is 2.47. The summed E-state index contributed by atoms with van der Waals surface area (Å²) in [5, 5.41) is 14.0. The molecule has 0 saturated carbocycles. The number of aliphatic imine (C=N–C) groups is 2. The molecule has 2 aromatic carbocycles. The molecule has 1 fully saturated rings. The fourth-order valence-corrected chi connectivity index (χ4v) is 8.06. The van der Waals surface area contributed by atoms with Gasteiger partial charge in [0.25, 0.3) is 0 Å². The molecule has 0 amide bonds. The Kier molecular flexibility index (Phi) is 6.34. The van der Waals surface area contributed by atoms with E-state index in [1.54, 1.807) is 0 Å². The van der Waals surface area contributed by atoms with Crippen LogP contribution in [0.5, 0.6) is 0 Å². The third-order valence-corrected chi connectivity index (χ3v) is 10.1. The molecule has 0 N–H and O–H groups in total. The molecule has 2 aliphatic carbocycles. The number of rotatable bonds is 6. The molecule has 0 bridgehead atoms. The van der Waals surface area contributed by atoms with Crippen LogP contribution in [0.15, 0.2) is 58.5 Å². The first kappa shape index (κ1) is 27.6. The Morgan fingerprint density at radius 3 is 1.86 bits per heavy atom. The van der Waals surface area contributed by atoms with E-state index in [2.05, 4.69) is 36.4 Å². The van der Waals surface area contributed by atoms with Crippen LogP contribution in [0.25, 0.3) is 0 Å². The van der Waals surface area contributed by atoms with E-state index in [-0.39, 0.29) is 42.8 Å². The Hall–Kier alpha value is -3.23. The Labute approximate surface area is 247 Å². The number of hydrogen-bond acceptors (Lipinski definition) is 8. The van der Waals surface area contributed by atoms with Crippen LogP contribution < -0.4 is 0 Å². The molecule has 3 heterocycles. The van der Waals surface area contributed by atoms with E-state index in [1.807, 2.05) is 46.8 Å². The molecule has 42 heavy (non-hydrogen) atoms. The first-order chi connectivity index (χ1) is 20.0. The summed E-state index contributed by atoms with van der Waals surface area (Å²) in [6.45, 7) is 9.68. The van der Waals surface area contributed by atoms with Gasteiger partial charge < -0.3 is 24.5 Å². The highest BCUT2D eigenvalue weighted by Crippen LogP contribution is 2.49. The van der Waals surface area contributed by atoms with E-state index in [9.17, 15) is 10.0 Å². The average Bonchev–Trinajstić information content (AvgIpc) is 3.69. The van der Waals surface area contributed by atoms with E-state index in [4.69, 9.17) is 24.2 Å². The zero-order valence-electron chi connectivity index (χ0n) is 25.1. The summed E-state index contributed by atoms with van der Waals surface area (Å²) in [5.41, 5.74) is 2.63. The lowest BCUT2D eigenvalue weighted by atomic mass is 9.79. The Bertz CT molecular complexity index is 1380. The topological polar surface area (TPSA) is 95.8 Å². The van der Waals surface area contributed by atoms with Crippen molar-refractivity contribution in [2.75, 3.05) is 0 Å². The second-order valence-corrected chi connectivity index (χ2v) is 13.9. The summed E-state index contributed by atoms with van der Waals surface area (Å²) in [4.78, 5) is 24.2. The molecule has 0 aromatic heterocycles. The number of benzene rings is 2. The molecule has 3 aliphatic heterocycles. The van der Waals surface area contributed by atoms with Crippen LogP contribution in [-0.2, 0) is 31.8 Å². The van der Waals surface area contributed by atoms with Gasteiger partial charge in [0.1, 0.15) is 35.8 Å². The van der Waals surface area contributed by atoms with E-state index in [0.717, 1.165) is 17.9 Å². The monoisotopic (exact) mass is 570 g/mol. The zero-order chi connectivity index (χ0) is 29.4. The van der Waals surface area contributed by atoms with Crippen molar-refractivity contribution < 1.29 is 19.0 Å². The van der Waals surface area contributed by atoms with E-state index in [0.29, 0.717) is 31.1 Å². The smallest absolute Gasteiger partial charge is 0.307 e. The molecule has 8 nitrogen and oxygen atoms in total. The fraction of sp³-hybridized carbons (Fsp3) is 0.559. The number of piperidine rings is 1. The first-order valence-corrected chi connectivity index (χ1v) is 15.3. The second-order valence-electron chi connectivity index (χ2n) is 13.9. The highest BCUT2D eigenvalue weighted by Gasteiger charge is 2.55. The number of esters is 1. The number of hydrogen-bond donors (Lipinski definition) is 0. The third kappa shape index (κ3) is 4.29. The average molecular weight is 571 g/mol. The van der Waals surface area contributed by atoms with Crippen molar-refractivity contribution in [3.63, 3.8) is 0 Å². The molecule has 5 aliphatic rings. The van der Waals surface area contributed by atoms with Gasteiger partial charge in [-0.25, -0.2) is 9.98 Å². The molecule has 1 saturated heterocycles. The normalized spacial score (nSPS) is 29.0. The van der Waals surface area contributed by atoms with Gasteiger partial charge >= 0.3 is 5.97 Å². The summed E-state index contributed by atoms with van der Waals surface area (Å²) in [6, 6.07) is 16.5. The number of nitrogens with zero attached hydrogens (tertiary/aromatic N) is 3. The van der Waals surface area contributed by atoms with Gasteiger partial charge in [-0.3, -0.25) is 4.79 Å². The number of carbonyl (C=O) groups excluding carboxylic acids is 1. The van der Waals surface area contributed by atoms with Crippen molar-refractivity contribution >= 4 is 17.8 Å². The van der Waals surface area contributed by atoms with Crippen molar-refractivity contribution in [3.8, 4) is 0 Å². The number of ether oxygens (including phenoxy) is 3. The lowest BCUT2D eigenvalue weighted by molar-refractivity contribution is -0.159. The zero-order valence-corrected chi connectivity index (χ0v) is 25.1. The van der Waals surface area contributed by atoms with Gasteiger partial charge in [0.05, 0.1) is 6.42 Å². The van der Waals surface area contributed by atoms with Gasteiger partial charge in [-0.05, 0) is 56.4 Å². The fourth-order valence-electron chi connectivity index (χ4n) is 8.06. The highest BCUT2D eigenvalue weighted by atomic mass is 16.6. The van der Waals surface area contributed by atoms with Crippen molar-refractivity contribution in [2.24, 2.45) is 15.4 Å². The van der Waals surface area contributed by atoms with Gasteiger partial charge in [-0.15, -0.1) is 0 Å². The molecule has 7 rings (SSSR count). The first-order valence-electron chi connectivity index (χ1n) is 15.3. The Morgan fingerprint density at radius 2 is 1.38 bits per heavy atom. The Balaban J connectivity index is 1.22. The quantitative estimate of drug-likeness (QED) is 0.394. The number of fused-ring (bicyclic) bond motifs is 6. The summed E-state index contributed by atoms with van der Waals surface area (Å²) >= 11 is 0. The van der Waals surface area contributed by atoms with Crippen LogP contribution in [0, 0.1) is 10.6 Å². The van der Waals surface area contributed by atoms with Crippen LogP contribution in [0.4, 0.5) is 0 Å². The molecule has 0 unspecified atom stereocenters. The number of hydroxylamine groups is 2. The largest absolute Gasteiger partial charge is 0.784 e. The van der Waals surface area contributed by atoms with Crippen molar-refractivity contribution in [1.82, 2.24) is 5.06 Å². The minimum Gasteiger partial charge on any atom is -0.784 e. The molecule has 2 aromatic rings. The molecule has 222 valence electrons. The lowest BCUT2D eigenvalue weighted by Gasteiger charge is -2.59. The van der Waals surface area contributed by atoms with Gasteiger partial charge in [-0.1, -0.05) is 55.5 Å². The maximum absolute atomic E-state index is 13.9. The van der Waals surface area contributed by atoms with Crippen LogP contribution in [-0.4, -0.2) is 52.2 Å². The van der Waals surface area contributed by atoms with Gasteiger partial charge in [0, 0.05) is 36.8 Å². The lowest BCUT2D eigenvalue weighted by Crippen LogP contribution is -2.59. The summed E-state index contributed by atoms with van der Waals surface area (Å²) in [7, 11) is 0. The van der Waals surface area contributed by atoms with E-state index >= 15 is 0 Å². The summed E-state index contributed by atoms with van der Waals surface area (Å²) < 4.78 is 19.4. The third-order valence-electron chi connectivity index (χ3n) is 10.1. The van der Waals surface area contributed by atoms with Crippen molar-refractivity contribution in [3.05, 3.63) is 76.0 Å². The van der Waals surface area contributed by atoms with E-state index < -0.39 is 16.5 Å². The predicted molar refractivity (Wildman–Crippen MR) is 160 cm³/mol. The molecular formula is C34H40N3O5-. The minimum atomic E-state index is -0.972. The van der Waals surface area contributed by atoms with Crippen molar-refractivity contribution in [1.29, 1.82) is 0 Å². The predicted octanol–water partition coefficient (Wildman–Crippen LogP) is 6.02. The molecule has 0 radical (unpaired) electrons. The molecule has 4 atom stereocenters. The standard InChI is InChI=1S/C34H40N3O5/c1-6-34(30-35-28-23-13-9-7-11-20(23)15-25(28)41-30,31-36-29-24-14-10-8-12-21(24)16-26(29)42-31)19-27(38)40-22-17-32(2,3)37(39)33(4,5)18-22/h7-14,22,25-26,28-29H,6,15-19H2,1-5H3/q-1/t25-,26-,28+,29+/m1/s1. The SMILES string of the molecule is CCC(CC(=O)OC1CC(C)(C)N([O-])C(C)(C)C1)(C1=N[C@H]2c3ccccc3C[C@H]2O1)C1=N[C@H]2c3ccccc3C[C@H]2O1. The van der Waals surface area contributed by atoms with Gasteiger partial charge in [0.2, 0.25) is 11.8 Å². The van der Waals surface area contributed by atoms with Crippen LogP contribution in [0.1, 0.15) is 94.6 Å². The molecular weight excluding hydrogens is 530 g/mol. The maximum atomic E-state index is 13.9. The van der Waals surface area contributed by atoms with Crippen molar-refractivity contribution in [2.45, 2.75) is 115 Å². The van der Waals surface area contributed by atoms with Crippen LogP contribution in [0.3, 0.4) is 0 Å². The van der Waals surface area contributed by atoms with Crippen LogP contribution >= 0.6 is 0 Å².